The molecule has 0 aliphatic heterocycles. The molecule has 1 N–H and O–H groups in total. The molecule has 0 saturated carbocycles. The number of aromatic nitrogens is 1. The van der Waals surface area contributed by atoms with Crippen molar-refractivity contribution >= 4 is 18.9 Å². The predicted molar refractivity (Wildman–Crippen MR) is 71.4 cm³/mol. The van der Waals surface area contributed by atoms with E-state index in [1.165, 1.54) is 23.5 Å². The maximum Gasteiger partial charge on any atom is 0.442 e. The standard InChI is InChI=1S/C12H10F2NO3PS/c13-12(14)19(16,17)18-8-3-1-7-2-4-10-11(9(7)5-8)15-6-20-10/h1,3,5-6,12H,2,4H2,(H,16,17). The fourth-order valence-corrected chi connectivity index (χ4v) is 3.43. The Kier molecular flexibility index (Phi) is 3.36. The number of halogens is 2. The Hall–Kier alpha value is -1.30. The first-order chi connectivity index (χ1) is 9.47. The minimum absolute atomic E-state index is 0.0456. The second-order valence-electron chi connectivity index (χ2n) is 4.38. The first-order valence-corrected chi connectivity index (χ1v) is 8.36. The highest BCUT2D eigenvalue weighted by Crippen LogP contribution is 2.49. The van der Waals surface area contributed by atoms with Crippen molar-refractivity contribution in [2.45, 2.75) is 19.0 Å². The van der Waals surface area contributed by atoms with Gasteiger partial charge < -0.3 is 9.42 Å². The van der Waals surface area contributed by atoms with Gasteiger partial charge in [-0.25, -0.2) is 9.55 Å². The number of benzene rings is 1. The molecule has 3 rings (SSSR count). The summed E-state index contributed by atoms with van der Waals surface area (Å²) in [4.78, 5) is 14.4. The summed E-state index contributed by atoms with van der Waals surface area (Å²) in [6, 6.07) is 4.65. The number of nitrogens with zero attached hydrogens (tertiary/aromatic N) is 1. The van der Waals surface area contributed by atoms with Crippen molar-refractivity contribution in [2.75, 3.05) is 0 Å². The van der Waals surface area contributed by atoms with E-state index in [1.54, 1.807) is 11.6 Å². The molecule has 1 aliphatic rings. The van der Waals surface area contributed by atoms with Gasteiger partial charge in [0.25, 0.3) is 0 Å². The Morgan fingerprint density at radius 1 is 1.40 bits per heavy atom. The lowest BCUT2D eigenvalue weighted by atomic mass is 9.93. The van der Waals surface area contributed by atoms with Crippen LogP contribution in [-0.2, 0) is 17.4 Å². The molecule has 0 radical (unpaired) electrons. The Bertz CT molecular complexity index is 704. The molecule has 0 fully saturated rings. The molecule has 4 nitrogen and oxygen atoms in total. The summed E-state index contributed by atoms with van der Waals surface area (Å²) < 4.78 is 40.5. The van der Waals surface area contributed by atoms with Crippen LogP contribution in [0, 0.1) is 0 Å². The van der Waals surface area contributed by atoms with E-state index in [2.05, 4.69) is 9.51 Å². The van der Waals surface area contributed by atoms with Crippen LogP contribution < -0.4 is 4.52 Å². The monoisotopic (exact) mass is 317 g/mol. The van der Waals surface area contributed by atoms with E-state index in [4.69, 9.17) is 4.89 Å². The van der Waals surface area contributed by atoms with Crippen molar-refractivity contribution in [1.29, 1.82) is 0 Å². The Balaban J connectivity index is 1.98. The second-order valence-corrected chi connectivity index (χ2v) is 7.02. The first-order valence-electron chi connectivity index (χ1n) is 5.83. The third-order valence-corrected chi connectivity index (χ3v) is 4.94. The molecule has 20 heavy (non-hydrogen) atoms. The molecule has 1 unspecified atom stereocenters. The van der Waals surface area contributed by atoms with Gasteiger partial charge in [0.15, 0.2) is 0 Å². The molecule has 8 heteroatoms. The number of alkyl halides is 2. The highest BCUT2D eigenvalue weighted by molar-refractivity contribution is 7.53. The van der Waals surface area contributed by atoms with Gasteiger partial charge >= 0.3 is 13.8 Å². The number of rotatable bonds is 3. The average molecular weight is 317 g/mol. The van der Waals surface area contributed by atoms with Crippen LogP contribution in [0.1, 0.15) is 10.4 Å². The fourth-order valence-electron chi connectivity index (χ4n) is 2.16. The van der Waals surface area contributed by atoms with E-state index in [9.17, 15) is 13.3 Å². The molecule has 1 atom stereocenters. The molecule has 1 aromatic heterocycles. The zero-order chi connectivity index (χ0) is 14.3. The second kappa shape index (κ2) is 4.91. The summed E-state index contributed by atoms with van der Waals surface area (Å²) in [6.45, 7) is 0. The van der Waals surface area contributed by atoms with Gasteiger partial charge in [-0.2, -0.15) is 8.78 Å². The van der Waals surface area contributed by atoms with Crippen molar-refractivity contribution in [3.63, 3.8) is 0 Å². The summed E-state index contributed by atoms with van der Waals surface area (Å²) in [5, 5.41) is 0. The molecule has 0 spiro atoms. The molecular formula is C12H10F2NO3PS. The van der Waals surface area contributed by atoms with Gasteiger partial charge in [0, 0.05) is 10.4 Å². The van der Waals surface area contributed by atoms with Crippen LogP contribution in [0.2, 0.25) is 0 Å². The van der Waals surface area contributed by atoms with Crippen LogP contribution >= 0.6 is 18.9 Å². The summed E-state index contributed by atoms with van der Waals surface area (Å²) in [5.41, 5.74) is 4.33. The number of thiazole rings is 1. The fraction of sp³-hybridized carbons (Fsp3) is 0.250. The van der Waals surface area contributed by atoms with Gasteiger partial charge in [0.1, 0.15) is 5.75 Å². The van der Waals surface area contributed by atoms with E-state index in [1.807, 2.05) is 0 Å². The molecule has 0 saturated heterocycles. The normalized spacial score (nSPS) is 16.4. The van der Waals surface area contributed by atoms with Crippen molar-refractivity contribution in [1.82, 2.24) is 4.98 Å². The Morgan fingerprint density at radius 2 is 2.20 bits per heavy atom. The Morgan fingerprint density at radius 3 is 2.95 bits per heavy atom. The summed E-state index contributed by atoms with van der Waals surface area (Å²) >= 11 is 1.54. The van der Waals surface area contributed by atoms with Gasteiger partial charge in [-0.1, -0.05) is 6.07 Å². The number of fused-ring (bicyclic) bond motifs is 3. The average Bonchev–Trinajstić information content (AvgIpc) is 2.86. The largest absolute Gasteiger partial charge is 0.442 e. The molecule has 106 valence electrons. The van der Waals surface area contributed by atoms with E-state index in [0.717, 1.165) is 34.5 Å². The van der Waals surface area contributed by atoms with Gasteiger partial charge in [0.05, 0.1) is 11.2 Å². The molecule has 2 aromatic rings. The number of hydrogen-bond donors (Lipinski definition) is 1. The van der Waals surface area contributed by atoms with E-state index >= 15 is 0 Å². The van der Waals surface area contributed by atoms with Crippen LogP contribution in [0.25, 0.3) is 11.3 Å². The van der Waals surface area contributed by atoms with Crippen LogP contribution in [0.5, 0.6) is 5.75 Å². The molecular weight excluding hydrogens is 307 g/mol. The van der Waals surface area contributed by atoms with Crippen LogP contribution in [0.3, 0.4) is 0 Å². The van der Waals surface area contributed by atoms with Crippen LogP contribution in [-0.4, -0.2) is 16.0 Å². The lowest BCUT2D eigenvalue weighted by molar-refractivity contribution is 0.188. The Labute approximate surface area is 117 Å². The van der Waals surface area contributed by atoms with Crippen molar-refractivity contribution in [3.05, 3.63) is 34.2 Å². The molecule has 1 heterocycles. The number of aryl methyl sites for hydroxylation is 2. The van der Waals surface area contributed by atoms with Crippen molar-refractivity contribution in [2.24, 2.45) is 0 Å². The SMILES string of the molecule is O=P(O)(Oc1ccc2c(c1)-c1ncsc1CC2)C(F)F. The van der Waals surface area contributed by atoms with Crippen molar-refractivity contribution < 1.29 is 22.8 Å². The highest BCUT2D eigenvalue weighted by Gasteiger charge is 2.34. The van der Waals surface area contributed by atoms with Crippen molar-refractivity contribution in [3.8, 4) is 17.0 Å². The smallest absolute Gasteiger partial charge is 0.421 e. The van der Waals surface area contributed by atoms with Gasteiger partial charge in [-0.3, -0.25) is 0 Å². The quantitative estimate of drug-likeness (QED) is 0.877. The minimum atomic E-state index is -4.94. The van der Waals surface area contributed by atoms with Gasteiger partial charge in [0.2, 0.25) is 0 Å². The van der Waals surface area contributed by atoms with Crippen LogP contribution in [0.4, 0.5) is 8.78 Å². The lowest BCUT2D eigenvalue weighted by Gasteiger charge is -2.18. The van der Waals surface area contributed by atoms with Crippen LogP contribution in [0.15, 0.2) is 23.7 Å². The van der Waals surface area contributed by atoms with E-state index in [-0.39, 0.29) is 5.75 Å². The maximum atomic E-state index is 12.4. The predicted octanol–water partition coefficient (Wildman–Crippen LogP) is 3.70. The highest BCUT2D eigenvalue weighted by atomic mass is 32.1. The molecule has 0 bridgehead atoms. The third kappa shape index (κ3) is 2.37. The lowest BCUT2D eigenvalue weighted by Crippen LogP contribution is -2.04. The third-order valence-electron chi connectivity index (χ3n) is 3.08. The molecule has 0 amide bonds. The summed E-state index contributed by atoms with van der Waals surface area (Å²) in [7, 11) is -4.94. The zero-order valence-corrected chi connectivity index (χ0v) is 11.8. The molecule has 1 aromatic carbocycles. The zero-order valence-electron chi connectivity index (χ0n) is 10.1. The summed E-state index contributed by atoms with van der Waals surface area (Å²) in [5.74, 6) is -0.0456. The summed E-state index contributed by atoms with van der Waals surface area (Å²) in [6.07, 6.45) is -1.70. The first kappa shape index (κ1) is 13.7. The topological polar surface area (TPSA) is 59.4 Å². The minimum Gasteiger partial charge on any atom is -0.421 e. The number of hydrogen-bond acceptors (Lipinski definition) is 4. The van der Waals surface area contributed by atoms with E-state index < -0.39 is 13.8 Å². The van der Waals surface area contributed by atoms with Gasteiger partial charge in [-0.05, 0) is 30.5 Å². The molecule has 1 aliphatic carbocycles. The van der Waals surface area contributed by atoms with E-state index in [0.29, 0.717) is 0 Å². The van der Waals surface area contributed by atoms with Gasteiger partial charge in [-0.15, -0.1) is 11.3 Å². The maximum absolute atomic E-state index is 12.4.